The number of hydrogen-bond acceptors (Lipinski definition) is 3. The molecule has 1 aromatic carbocycles. The number of hydrogen-bond donors (Lipinski definition) is 1. The fourth-order valence-corrected chi connectivity index (χ4v) is 4.58. The molecule has 2 unspecified atom stereocenters. The normalized spacial score (nSPS) is 22.7. The number of nitrogens with one attached hydrogen (secondary N) is 1. The lowest BCUT2D eigenvalue weighted by Crippen LogP contribution is -2.32. The van der Waals surface area contributed by atoms with Gasteiger partial charge in [-0.15, -0.1) is 11.3 Å². The van der Waals surface area contributed by atoms with Gasteiger partial charge in [0.25, 0.3) is 0 Å². The van der Waals surface area contributed by atoms with Gasteiger partial charge in [0.05, 0.1) is 15.2 Å². The highest BCUT2D eigenvalue weighted by Gasteiger charge is 2.25. The van der Waals surface area contributed by atoms with E-state index in [2.05, 4.69) is 36.5 Å². The van der Waals surface area contributed by atoms with Gasteiger partial charge < -0.3 is 5.32 Å². The SMILES string of the molecule is CCCNCC1CCCCC1Cc1nc2ccccc2s1. The van der Waals surface area contributed by atoms with Crippen LogP contribution in [0.1, 0.15) is 44.0 Å². The van der Waals surface area contributed by atoms with Gasteiger partial charge in [0.2, 0.25) is 0 Å². The van der Waals surface area contributed by atoms with Crippen LogP contribution in [0.15, 0.2) is 24.3 Å². The summed E-state index contributed by atoms with van der Waals surface area (Å²) in [7, 11) is 0. The molecule has 3 rings (SSSR count). The van der Waals surface area contributed by atoms with E-state index < -0.39 is 0 Å². The van der Waals surface area contributed by atoms with Gasteiger partial charge in [0, 0.05) is 6.42 Å². The van der Waals surface area contributed by atoms with Crippen LogP contribution in [-0.4, -0.2) is 18.1 Å². The number of benzene rings is 1. The van der Waals surface area contributed by atoms with E-state index in [4.69, 9.17) is 4.98 Å². The van der Waals surface area contributed by atoms with E-state index in [1.54, 1.807) is 0 Å². The van der Waals surface area contributed by atoms with Crippen molar-refractivity contribution in [3.63, 3.8) is 0 Å². The Hall–Kier alpha value is -0.930. The monoisotopic (exact) mass is 302 g/mol. The Kier molecular flexibility index (Phi) is 5.26. The van der Waals surface area contributed by atoms with Crippen LogP contribution in [0.5, 0.6) is 0 Å². The lowest BCUT2D eigenvalue weighted by molar-refractivity contribution is 0.228. The zero-order chi connectivity index (χ0) is 14.5. The molecule has 1 aliphatic carbocycles. The fourth-order valence-electron chi connectivity index (χ4n) is 3.52. The van der Waals surface area contributed by atoms with Crippen molar-refractivity contribution in [3.05, 3.63) is 29.3 Å². The van der Waals surface area contributed by atoms with E-state index in [1.807, 2.05) is 11.3 Å². The zero-order valence-corrected chi connectivity index (χ0v) is 13.8. The maximum absolute atomic E-state index is 4.84. The third kappa shape index (κ3) is 3.83. The van der Waals surface area contributed by atoms with E-state index in [9.17, 15) is 0 Å². The van der Waals surface area contributed by atoms with Crippen molar-refractivity contribution in [1.29, 1.82) is 0 Å². The third-order valence-corrected chi connectivity index (χ3v) is 5.73. The Balaban J connectivity index is 1.65. The second-order valence-electron chi connectivity index (χ2n) is 6.29. The molecule has 1 aromatic heterocycles. The molecule has 3 heteroatoms. The van der Waals surface area contributed by atoms with Crippen LogP contribution in [0, 0.1) is 11.8 Å². The topological polar surface area (TPSA) is 24.9 Å². The minimum absolute atomic E-state index is 0.823. The average molecular weight is 302 g/mol. The predicted octanol–water partition coefficient (Wildman–Crippen LogP) is 4.64. The predicted molar refractivity (Wildman–Crippen MR) is 91.9 cm³/mol. The van der Waals surface area contributed by atoms with Crippen molar-refractivity contribution in [2.75, 3.05) is 13.1 Å². The minimum Gasteiger partial charge on any atom is -0.316 e. The summed E-state index contributed by atoms with van der Waals surface area (Å²) in [4.78, 5) is 4.84. The average Bonchev–Trinajstić information content (AvgIpc) is 2.91. The van der Waals surface area contributed by atoms with Gasteiger partial charge in [-0.3, -0.25) is 0 Å². The first-order valence-electron chi connectivity index (χ1n) is 8.42. The molecule has 1 heterocycles. The van der Waals surface area contributed by atoms with Crippen molar-refractivity contribution in [1.82, 2.24) is 10.3 Å². The summed E-state index contributed by atoms with van der Waals surface area (Å²) in [6, 6.07) is 8.53. The van der Waals surface area contributed by atoms with Crippen molar-refractivity contribution < 1.29 is 0 Å². The highest BCUT2D eigenvalue weighted by molar-refractivity contribution is 7.18. The summed E-state index contributed by atoms with van der Waals surface area (Å²) in [6.07, 6.45) is 8.00. The molecule has 1 fully saturated rings. The van der Waals surface area contributed by atoms with Crippen molar-refractivity contribution in [2.45, 2.75) is 45.4 Å². The number of fused-ring (bicyclic) bond motifs is 1. The van der Waals surface area contributed by atoms with Gasteiger partial charge in [-0.1, -0.05) is 31.9 Å². The van der Waals surface area contributed by atoms with Crippen molar-refractivity contribution in [3.8, 4) is 0 Å². The van der Waals surface area contributed by atoms with Crippen LogP contribution >= 0.6 is 11.3 Å². The van der Waals surface area contributed by atoms with Gasteiger partial charge in [0.15, 0.2) is 0 Å². The van der Waals surface area contributed by atoms with E-state index in [1.165, 1.54) is 60.3 Å². The molecule has 1 N–H and O–H groups in total. The van der Waals surface area contributed by atoms with E-state index >= 15 is 0 Å². The second kappa shape index (κ2) is 7.37. The molecular formula is C18H26N2S. The molecule has 0 bridgehead atoms. The first kappa shape index (κ1) is 15.0. The van der Waals surface area contributed by atoms with Crippen LogP contribution < -0.4 is 5.32 Å². The van der Waals surface area contributed by atoms with Gasteiger partial charge in [-0.2, -0.15) is 0 Å². The van der Waals surface area contributed by atoms with Gasteiger partial charge in [-0.05, 0) is 56.3 Å². The van der Waals surface area contributed by atoms with Crippen LogP contribution in [0.2, 0.25) is 0 Å². The number of nitrogens with zero attached hydrogens (tertiary/aromatic N) is 1. The number of para-hydroxylation sites is 1. The Labute approximate surface area is 132 Å². The lowest BCUT2D eigenvalue weighted by Gasteiger charge is -2.31. The maximum atomic E-state index is 4.84. The van der Waals surface area contributed by atoms with E-state index in [0.717, 1.165) is 18.4 Å². The molecule has 0 saturated heterocycles. The quantitative estimate of drug-likeness (QED) is 0.786. The van der Waals surface area contributed by atoms with Gasteiger partial charge >= 0.3 is 0 Å². The van der Waals surface area contributed by atoms with Crippen LogP contribution in [-0.2, 0) is 6.42 Å². The molecule has 114 valence electrons. The molecule has 2 aromatic rings. The summed E-state index contributed by atoms with van der Waals surface area (Å²) < 4.78 is 1.34. The fraction of sp³-hybridized carbons (Fsp3) is 0.611. The molecule has 21 heavy (non-hydrogen) atoms. The molecule has 0 radical (unpaired) electrons. The van der Waals surface area contributed by atoms with Crippen LogP contribution in [0.25, 0.3) is 10.2 Å². The minimum atomic E-state index is 0.823. The molecular weight excluding hydrogens is 276 g/mol. The van der Waals surface area contributed by atoms with Crippen molar-refractivity contribution >= 4 is 21.6 Å². The summed E-state index contributed by atoms with van der Waals surface area (Å²) in [5.41, 5.74) is 1.17. The first-order chi connectivity index (χ1) is 10.4. The number of aromatic nitrogens is 1. The van der Waals surface area contributed by atoms with Gasteiger partial charge in [0.1, 0.15) is 0 Å². The Morgan fingerprint density at radius 3 is 2.81 bits per heavy atom. The summed E-state index contributed by atoms with van der Waals surface area (Å²) in [6.45, 7) is 4.60. The van der Waals surface area contributed by atoms with Crippen LogP contribution in [0.4, 0.5) is 0 Å². The molecule has 1 saturated carbocycles. The number of rotatable bonds is 6. The van der Waals surface area contributed by atoms with Crippen molar-refractivity contribution in [2.24, 2.45) is 11.8 Å². The largest absolute Gasteiger partial charge is 0.316 e. The number of thiazole rings is 1. The summed E-state index contributed by atoms with van der Waals surface area (Å²) >= 11 is 1.89. The molecule has 0 amide bonds. The first-order valence-corrected chi connectivity index (χ1v) is 9.23. The second-order valence-corrected chi connectivity index (χ2v) is 7.40. The van der Waals surface area contributed by atoms with Crippen LogP contribution in [0.3, 0.4) is 0 Å². The van der Waals surface area contributed by atoms with E-state index in [-0.39, 0.29) is 0 Å². The zero-order valence-electron chi connectivity index (χ0n) is 13.0. The molecule has 0 aliphatic heterocycles. The summed E-state index contributed by atoms with van der Waals surface area (Å²) in [5.74, 6) is 1.67. The third-order valence-electron chi connectivity index (χ3n) is 4.67. The molecule has 2 nitrogen and oxygen atoms in total. The highest BCUT2D eigenvalue weighted by Crippen LogP contribution is 2.34. The molecule has 2 atom stereocenters. The maximum Gasteiger partial charge on any atom is 0.0941 e. The Bertz CT molecular complexity index is 530. The molecule has 0 spiro atoms. The lowest BCUT2D eigenvalue weighted by atomic mass is 9.77. The smallest absolute Gasteiger partial charge is 0.0941 e. The summed E-state index contributed by atoms with van der Waals surface area (Å²) in [5, 5.41) is 4.97. The Morgan fingerprint density at radius 1 is 1.19 bits per heavy atom. The molecule has 1 aliphatic rings. The standard InChI is InChI=1S/C18H26N2S/c1-2-11-19-13-15-8-4-3-7-14(15)12-18-20-16-9-5-6-10-17(16)21-18/h5-6,9-10,14-15,19H,2-4,7-8,11-13H2,1H3. The Morgan fingerprint density at radius 2 is 2.00 bits per heavy atom. The van der Waals surface area contributed by atoms with Gasteiger partial charge in [-0.25, -0.2) is 4.98 Å². The van der Waals surface area contributed by atoms with E-state index in [0.29, 0.717) is 0 Å². The highest BCUT2D eigenvalue weighted by atomic mass is 32.1.